The van der Waals surface area contributed by atoms with Crippen LogP contribution in [0, 0.1) is 0 Å². The van der Waals surface area contributed by atoms with Crippen LogP contribution >= 0.6 is 23.5 Å². The molecule has 2 unspecified atom stereocenters. The maximum atomic E-state index is 15.2. The maximum Gasteiger partial charge on any atom is 0.412 e. The molecule has 87 heavy (non-hydrogen) atoms. The number of urea groups is 1. The zero-order chi connectivity index (χ0) is 62.0. The molecule has 4 N–H and O–H groups in total. The number of aromatic nitrogens is 4. The summed E-state index contributed by atoms with van der Waals surface area (Å²) in [6.45, 7) is 5.18. The molecule has 26 heteroatoms. The maximum absolute atomic E-state index is 15.2. The van der Waals surface area contributed by atoms with E-state index >= 15 is 4.79 Å². The predicted molar refractivity (Wildman–Crippen MR) is 320 cm³/mol. The lowest BCUT2D eigenvalue weighted by Gasteiger charge is -2.47. The summed E-state index contributed by atoms with van der Waals surface area (Å²) in [4.78, 5) is 128. The molecule has 2 saturated heterocycles. The van der Waals surface area contributed by atoms with Gasteiger partial charge in [0.2, 0.25) is 17.0 Å². The lowest BCUT2D eigenvalue weighted by Crippen LogP contribution is -2.69. The van der Waals surface area contributed by atoms with Crippen molar-refractivity contribution in [3.05, 3.63) is 179 Å². The monoisotopic (exact) mass is 1220 g/mol. The van der Waals surface area contributed by atoms with Gasteiger partial charge in [-0.1, -0.05) is 133 Å². The molecule has 5 aromatic carbocycles. The van der Waals surface area contributed by atoms with Gasteiger partial charge in [-0.3, -0.25) is 29.4 Å². The number of hydrogen-bond acceptors (Lipinski definition) is 18. The van der Waals surface area contributed by atoms with Gasteiger partial charge in [0, 0.05) is 35.6 Å². The normalized spacial score (nSPS) is 18.1. The number of para-hydroxylation sites is 2. The summed E-state index contributed by atoms with van der Waals surface area (Å²) in [6, 6.07) is 39.1. The minimum atomic E-state index is -1.87. The van der Waals surface area contributed by atoms with Crippen LogP contribution in [0.5, 0.6) is 0 Å². The first-order valence-corrected chi connectivity index (χ1v) is 29.7. The van der Waals surface area contributed by atoms with Crippen molar-refractivity contribution in [2.75, 3.05) is 51.0 Å². The van der Waals surface area contributed by atoms with Gasteiger partial charge in [-0.2, -0.15) is 0 Å². The number of alkyl carbamates (subject to hydrolysis) is 1. The molecule has 8 amide bonds. The molecule has 6 aromatic rings. The molecule has 3 aliphatic heterocycles. The van der Waals surface area contributed by atoms with Crippen LogP contribution < -0.4 is 25.8 Å². The molecule has 9 rings (SSSR count). The number of amides is 8. The van der Waals surface area contributed by atoms with E-state index in [4.69, 9.17) is 18.9 Å². The number of hydrogen-bond donors (Lipinski definition) is 4. The van der Waals surface area contributed by atoms with Gasteiger partial charge in [-0.05, 0) is 66.9 Å². The van der Waals surface area contributed by atoms with E-state index in [0.717, 1.165) is 16.7 Å². The number of ether oxygens (including phenoxy) is 4. The summed E-state index contributed by atoms with van der Waals surface area (Å²) < 4.78 is 23.1. The van der Waals surface area contributed by atoms with Crippen LogP contribution in [0.4, 0.5) is 25.8 Å². The summed E-state index contributed by atoms with van der Waals surface area (Å²) in [6.07, 6.45) is -2.92. The number of methoxy groups -OCH3 is 1. The van der Waals surface area contributed by atoms with Crippen molar-refractivity contribution < 1.29 is 62.1 Å². The van der Waals surface area contributed by atoms with Crippen molar-refractivity contribution >= 4 is 88.7 Å². The highest BCUT2D eigenvalue weighted by atomic mass is 32.2. The van der Waals surface area contributed by atoms with Gasteiger partial charge in [0.05, 0.1) is 50.6 Å². The molecular weight excluding hydrogens is 1160 g/mol. The van der Waals surface area contributed by atoms with Gasteiger partial charge < -0.3 is 34.9 Å². The minimum absolute atomic E-state index is 0.00485. The predicted octanol–water partition coefficient (Wildman–Crippen LogP) is 6.67. The second kappa shape index (κ2) is 26.9. The quantitative estimate of drug-likeness (QED) is 0.0118. The Hall–Kier alpha value is -9.40. The van der Waals surface area contributed by atoms with Gasteiger partial charge in [-0.25, -0.2) is 38.0 Å². The van der Waals surface area contributed by atoms with Gasteiger partial charge >= 0.3 is 42.0 Å². The summed E-state index contributed by atoms with van der Waals surface area (Å²) >= 11 is 2.37. The lowest BCUT2D eigenvalue weighted by atomic mass is 9.75. The van der Waals surface area contributed by atoms with Crippen LogP contribution in [-0.2, 0) is 60.3 Å². The third-order valence-corrected chi connectivity index (χ3v) is 17.0. The first-order chi connectivity index (χ1) is 41.8. The number of tetrazole rings is 1. The van der Waals surface area contributed by atoms with E-state index in [1.165, 1.54) is 28.5 Å². The molecule has 0 spiro atoms. The molecule has 24 nitrogen and oxygen atoms in total. The number of nitrogens with one attached hydrogen (secondary N) is 4. The Balaban J connectivity index is 0.996. The third-order valence-electron chi connectivity index (χ3n) is 14.6. The van der Waals surface area contributed by atoms with Crippen LogP contribution in [0.1, 0.15) is 74.5 Å². The first kappa shape index (κ1) is 62.1. The molecule has 0 radical (unpaired) electrons. The van der Waals surface area contributed by atoms with Crippen molar-refractivity contribution in [2.24, 2.45) is 7.05 Å². The standard InChI is InChI=1S/C61H63N11O13S2/c1-7-72(45-30-20-18-28-43(45)61(40-25-15-10-16-26-40,65-59(81)83-34-31-49(75)82-6)42-27-17-19-29-44(42)63-58(80)85-60(2,3)4)33-32-70(53(76)54(72)77)56(79)62-36-46(73)64-52-41(37-86-57-66-67-68-69(57)5)50(71-47(74)35-48(71)87-52)55(78)84-51(38-21-11-8-12-22-38)39-23-13-9-14-24-39/h8-30,48,51-52H,7,31-37H2,1-6H3,(H3-,62,63,64,65,73,79,80,81)/p+1/t48-,52+,61?,72?/m0/s1. The Kier molecular flexibility index (Phi) is 19.2. The average molecular weight is 1220 g/mol. The Morgan fingerprint density at radius 3 is 2.07 bits per heavy atom. The summed E-state index contributed by atoms with van der Waals surface area (Å²) in [5.74, 6) is -4.74. The second-order valence-electron chi connectivity index (χ2n) is 21.2. The van der Waals surface area contributed by atoms with Crippen LogP contribution in [0.15, 0.2) is 156 Å². The van der Waals surface area contributed by atoms with Crippen molar-refractivity contribution in [1.29, 1.82) is 0 Å². The SMILES string of the molecule is CC[N+]1(c2ccccc2C(NC(=O)OCCC(=O)OC)(c2ccccc2)c2ccccc2NC(=O)OC(C)(C)C)CCN(C(=O)NCC(=O)N[C@@H]2S[C@H]3CC(=O)N3C(C(=O)OC(c3ccccc3)c3ccccc3)=C2CSc2nnnn2C)C(=O)C1=O. The molecule has 452 valence electrons. The van der Waals surface area contributed by atoms with Crippen LogP contribution in [0.25, 0.3) is 0 Å². The van der Waals surface area contributed by atoms with Crippen LogP contribution in [0.3, 0.4) is 0 Å². The number of quaternary nitrogens is 1. The third kappa shape index (κ3) is 13.5. The average Bonchev–Trinajstić information content (AvgIpc) is 0.967. The Labute approximate surface area is 509 Å². The van der Waals surface area contributed by atoms with Gasteiger partial charge in [-0.15, -0.1) is 16.9 Å². The fourth-order valence-corrected chi connectivity index (χ4v) is 13.0. The van der Waals surface area contributed by atoms with Gasteiger partial charge in [0.1, 0.15) is 41.0 Å². The fourth-order valence-electron chi connectivity index (χ4n) is 10.5. The number of fused-ring (bicyclic) bond motifs is 1. The molecule has 0 bridgehead atoms. The lowest BCUT2D eigenvalue weighted by molar-refractivity contribution is -0.153. The smallest absolute Gasteiger partial charge is 0.412 e. The van der Waals surface area contributed by atoms with Crippen LogP contribution in [0.2, 0.25) is 0 Å². The summed E-state index contributed by atoms with van der Waals surface area (Å²) in [5.41, 5.74) is 0.179. The molecule has 2 fully saturated rings. The largest absolute Gasteiger partial charge is 0.469 e. The molecule has 4 atom stereocenters. The van der Waals surface area contributed by atoms with Crippen LogP contribution in [-0.4, -0.2) is 146 Å². The minimum Gasteiger partial charge on any atom is -0.469 e. The number of benzene rings is 5. The number of nitrogens with zero attached hydrogens (tertiary/aromatic N) is 7. The van der Waals surface area contributed by atoms with Crippen molar-refractivity contribution in [3.63, 3.8) is 0 Å². The zero-order valence-electron chi connectivity index (χ0n) is 48.4. The Morgan fingerprint density at radius 2 is 1.45 bits per heavy atom. The topological polar surface area (TPSA) is 289 Å². The number of aryl methyl sites for hydroxylation is 1. The molecule has 0 aliphatic carbocycles. The van der Waals surface area contributed by atoms with Crippen molar-refractivity contribution in [1.82, 2.24) is 50.4 Å². The van der Waals surface area contributed by atoms with E-state index in [9.17, 15) is 38.4 Å². The molecule has 4 heterocycles. The van der Waals surface area contributed by atoms with E-state index in [-0.39, 0.29) is 78.9 Å². The highest BCUT2D eigenvalue weighted by Gasteiger charge is 2.55. The number of carbonyl (C=O) groups is 9. The molecule has 1 aromatic heterocycles. The second-order valence-corrected chi connectivity index (χ2v) is 23.4. The number of anilines is 1. The van der Waals surface area contributed by atoms with E-state index in [0.29, 0.717) is 27.4 Å². The Morgan fingerprint density at radius 1 is 0.816 bits per heavy atom. The number of rotatable bonds is 20. The van der Waals surface area contributed by atoms with Crippen molar-refractivity contribution in [2.45, 2.75) is 73.7 Å². The zero-order valence-corrected chi connectivity index (χ0v) is 50.1. The molecule has 3 aliphatic rings. The number of carbonyl (C=O) groups excluding carboxylic acids is 9. The number of esters is 2. The number of piperazine rings is 1. The number of likely N-dealkylation sites (N-methyl/N-ethyl adjacent to an activating group) is 1. The van der Waals surface area contributed by atoms with Crippen molar-refractivity contribution in [3.8, 4) is 0 Å². The number of β-lactam (4-membered cyclic amide) rings is 1. The number of imide groups is 1. The van der Waals surface area contributed by atoms with Gasteiger partial charge in [0.15, 0.2) is 6.10 Å². The van der Waals surface area contributed by atoms with E-state index in [1.54, 1.807) is 114 Å². The highest BCUT2D eigenvalue weighted by Crippen LogP contribution is 2.48. The van der Waals surface area contributed by atoms with E-state index in [1.807, 2.05) is 60.7 Å². The van der Waals surface area contributed by atoms with Gasteiger partial charge in [0.25, 0.3) is 0 Å². The first-order valence-electron chi connectivity index (χ1n) is 27.7. The molecule has 0 saturated carbocycles. The highest BCUT2D eigenvalue weighted by molar-refractivity contribution is 8.01. The van der Waals surface area contributed by atoms with E-state index < -0.39 is 86.9 Å². The number of thioether (sulfide) groups is 2. The Bertz CT molecular complexity index is 3590. The summed E-state index contributed by atoms with van der Waals surface area (Å²) in [5, 5.41) is 21.8. The van der Waals surface area contributed by atoms with E-state index in [2.05, 4.69) is 36.8 Å². The summed E-state index contributed by atoms with van der Waals surface area (Å²) in [7, 11) is 2.83. The molecular formula is C61H64N11O13S2+. The fraction of sp³-hybridized carbons (Fsp3) is 0.311.